The van der Waals surface area contributed by atoms with Crippen molar-refractivity contribution in [2.75, 3.05) is 0 Å². The molecule has 2 N–H and O–H groups in total. The van der Waals surface area contributed by atoms with Gasteiger partial charge in [-0.25, -0.2) is 0 Å². The van der Waals surface area contributed by atoms with Crippen molar-refractivity contribution >= 4 is 113 Å². The maximum atomic E-state index is 8.00. The third-order valence-electron chi connectivity index (χ3n) is 0. The summed E-state index contributed by atoms with van der Waals surface area (Å²) in [7, 11) is 0. The largest absolute Gasteiger partial charge is 2.00 e. The normalized spacial score (nSPS) is 2.82. The topological polar surface area (TPSA) is 270 Å². The first-order chi connectivity index (χ1) is 5.66. The molecule has 0 aromatic rings. The van der Waals surface area contributed by atoms with Gasteiger partial charge in [0.1, 0.15) is 0 Å². The molecule has 88 valence electrons. The Bertz CT molecular complexity index is 77.6. The van der Waals surface area contributed by atoms with E-state index < -0.39 is 0 Å². The van der Waals surface area contributed by atoms with Gasteiger partial charge in [-0.3, -0.25) is 0 Å². The van der Waals surface area contributed by atoms with Gasteiger partial charge in [-0.1, -0.05) is 0 Å². The molecule has 17 heavy (non-hydrogen) atoms. The van der Waals surface area contributed by atoms with Crippen LogP contribution in [0.1, 0.15) is 0 Å². The van der Waals surface area contributed by atoms with Gasteiger partial charge in [0.2, 0.25) is 0 Å². The Labute approximate surface area is 182 Å². The fraction of sp³-hybridized carbons (Fsp3) is 0. The van der Waals surface area contributed by atoms with Crippen LogP contribution in [0.15, 0.2) is 21.4 Å². The Morgan fingerprint density at radius 2 is 0.471 bits per heavy atom. The average Bonchev–Trinajstić information content (AvgIpc) is 1.92. The molecule has 0 amide bonds. The zero-order valence-corrected chi connectivity index (χ0v) is 14.7. The zero-order chi connectivity index (χ0) is 10.8. The molecule has 0 radical (unpaired) electrons. The predicted octanol–water partition coefficient (Wildman–Crippen LogP) is -0.494. The first-order valence-corrected chi connectivity index (χ1v) is 1.46. The molecule has 0 spiro atoms. The molecule has 0 fully saturated rings. The SMILES string of the molecule is O=N[O-].O=N[O-].O=N[O-].O=N[O-].[Ca+2].[Ca+2].[Ca+2].[OH-].[OH-]. The molecule has 0 aromatic carbocycles. The number of hydrogen-bond acceptors (Lipinski definition) is 14. The molecular formula is H2Ca3N4O10. The Balaban J connectivity index is -0.00000000653. The van der Waals surface area contributed by atoms with Crippen LogP contribution in [0, 0.1) is 40.5 Å². The van der Waals surface area contributed by atoms with Crippen molar-refractivity contribution in [1.82, 2.24) is 0 Å². The van der Waals surface area contributed by atoms with Crippen LogP contribution in [0.4, 0.5) is 0 Å². The van der Waals surface area contributed by atoms with E-state index in [2.05, 4.69) is 0 Å². The average molecular weight is 338 g/mol. The molecule has 0 heterocycles. The first kappa shape index (κ1) is 63.3. The zero-order valence-electron chi connectivity index (χ0n) is 8.07. The third-order valence-corrected chi connectivity index (χ3v) is 0. The van der Waals surface area contributed by atoms with E-state index in [1.165, 1.54) is 0 Å². The number of hydrogen-bond donors (Lipinski definition) is 0. The van der Waals surface area contributed by atoms with E-state index in [9.17, 15) is 0 Å². The van der Waals surface area contributed by atoms with Crippen LogP contribution in [0.25, 0.3) is 0 Å². The van der Waals surface area contributed by atoms with Crippen LogP contribution in [-0.2, 0) is 0 Å². The molecular weight excluding hydrogens is 336 g/mol. The van der Waals surface area contributed by atoms with Crippen molar-refractivity contribution in [3.63, 3.8) is 0 Å². The molecule has 14 nitrogen and oxygen atoms in total. The Morgan fingerprint density at radius 3 is 0.471 bits per heavy atom. The summed E-state index contributed by atoms with van der Waals surface area (Å²) in [6.45, 7) is 0. The fourth-order valence-electron chi connectivity index (χ4n) is 0. The van der Waals surface area contributed by atoms with Gasteiger partial charge < -0.3 is 51.4 Å². The summed E-state index contributed by atoms with van der Waals surface area (Å²) in [5.74, 6) is 0. The Morgan fingerprint density at radius 1 is 0.471 bits per heavy atom. The standard InChI is InChI=1S/3Ca.4HNO2.2H2O/c;;;4*2-1-3;;/h;;;4*(H,2,3);2*1H2/q3*+2;;;;;;/p-6. The molecule has 0 unspecified atom stereocenters. The molecule has 0 bridgehead atoms. The maximum absolute atomic E-state index is 8.00. The van der Waals surface area contributed by atoms with Crippen molar-refractivity contribution in [3.8, 4) is 0 Å². The molecule has 0 saturated heterocycles. The van der Waals surface area contributed by atoms with Crippen molar-refractivity contribution in [2.24, 2.45) is 21.4 Å². The van der Waals surface area contributed by atoms with Crippen molar-refractivity contribution < 1.29 is 11.0 Å². The molecule has 0 aliphatic rings. The van der Waals surface area contributed by atoms with Crippen LogP contribution in [0.2, 0.25) is 0 Å². The smallest absolute Gasteiger partial charge is 0.870 e. The maximum Gasteiger partial charge on any atom is 2.00 e. The molecule has 0 aliphatic heterocycles. The van der Waals surface area contributed by atoms with E-state index in [1.807, 2.05) is 0 Å². The van der Waals surface area contributed by atoms with E-state index in [0.29, 0.717) is 0 Å². The molecule has 17 heteroatoms. The van der Waals surface area contributed by atoms with Gasteiger partial charge >= 0.3 is 113 Å². The minimum absolute atomic E-state index is 0. The summed E-state index contributed by atoms with van der Waals surface area (Å²) in [5, 5.41) is 36.0. The summed E-state index contributed by atoms with van der Waals surface area (Å²) in [6.07, 6.45) is 0. The van der Waals surface area contributed by atoms with Gasteiger partial charge in [-0.05, 0) is 0 Å². The van der Waals surface area contributed by atoms with Crippen molar-refractivity contribution in [1.29, 1.82) is 0 Å². The van der Waals surface area contributed by atoms with Gasteiger partial charge in [-0.15, -0.1) is 21.4 Å². The van der Waals surface area contributed by atoms with Gasteiger partial charge in [0.05, 0.1) is 0 Å². The van der Waals surface area contributed by atoms with Gasteiger partial charge in [-0.2, -0.15) is 0 Å². The van der Waals surface area contributed by atoms with E-state index >= 15 is 0 Å². The van der Waals surface area contributed by atoms with E-state index in [1.54, 1.807) is 0 Å². The molecule has 0 aliphatic carbocycles. The number of nitrogens with zero attached hydrogens (tertiary/aromatic N) is 4. The van der Waals surface area contributed by atoms with E-state index in [4.69, 9.17) is 40.5 Å². The Kier molecular flexibility index (Phi) is 610. The summed E-state index contributed by atoms with van der Waals surface area (Å²) in [5.41, 5.74) is 0. The quantitative estimate of drug-likeness (QED) is 0.310. The van der Waals surface area contributed by atoms with E-state index in [-0.39, 0.29) is 124 Å². The van der Waals surface area contributed by atoms with Crippen molar-refractivity contribution in [2.45, 2.75) is 0 Å². The summed E-state index contributed by atoms with van der Waals surface area (Å²) in [6, 6.07) is 0. The van der Waals surface area contributed by atoms with Crippen LogP contribution < -0.4 is 0 Å². The second kappa shape index (κ2) is 164. The van der Waals surface area contributed by atoms with Crippen LogP contribution in [0.3, 0.4) is 0 Å². The van der Waals surface area contributed by atoms with Crippen LogP contribution in [-0.4, -0.2) is 124 Å². The minimum atomic E-state index is 0. The second-order valence-electron chi connectivity index (χ2n) is 0.298. The summed E-state index contributed by atoms with van der Waals surface area (Å²) >= 11 is 0. The molecule has 0 aromatic heterocycles. The minimum Gasteiger partial charge on any atom is -0.870 e. The molecule has 0 rings (SSSR count). The summed E-state index contributed by atoms with van der Waals surface area (Å²) < 4.78 is 0. The summed E-state index contributed by atoms with van der Waals surface area (Å²) in [4.78, 5) is 32.0. The van der Waals surface area contributed by atoms with Crippen molar-refractivity contribution in [3.05, 3.63) is 40.5 Å². The van der Waals surface area contributed by atoms with Gasteiger partial charge in [0.15, 0.2) is 0 Å². The van der Waals surface area contributed by atoms with Gasteiger partial charge in [0.25, 0.3) is 0 Å². The van der Waals surface area contributed by atoms with Crippen LogP contribution in [0.5, 0.6) is 0 Å². The van der Waals surface area contributed by atoms with Crippen LogP contribution >= 0.6 is 0 Å². The molecule has 0 saturated carbocycles. The number of rotatable bonds is 0. The second-order valence-corrected chi connectivity index (χ2v) is 0.298. The van der Waals surface area contributed by atoms with Gasteiger partial charge in [0, 0.05) is 0 Å². The first-order valence-electron chi connectivity index (χ1n) is 1.46. The monoisotopic (exact) mass is 338 g/mol. The fourth-order valence-corrected chi connectivity index (χ4v) is 0. The predicted molar refractivity (Wildman–Crippen MR) is 57.8 cm³/mol. The molecule has 0 atom stereocenters. The third kappa shape index (κ3) is 2400. The Hall–Kier alpha value is 1.30. The van der Waals surface area contributed by atoms with E-state index in [0.717, 1.165) is 21.4 Å².